The molecule has 0 aromatic heterocycles. The highest BCUT2D eigenvalue weighted by atomic mass is 32.2. The predicted molar refractivity (Wildman–Crippen MR) is 107 cm³/mol. The number of anilines is 1. The number of rotatable bonds is 6. The zero-order valence-electron chi connectivity index (χ0n) is 16.5. The first kappa shape index (κ1) is 20.9. The molecule has 0 bridgehead atoms. The summed E-state index contributed by atoms with van der Waals surface area (Å²) in [4.78, 5) is 12.7. The minimum atomic E-state index is -3.84. The van der Waals surface area contributed by atoms with E-state index in [9.17, 15) is 13.2 Å². The number of aryl methyl sites for hydroxylation is 4. The van der Waals surface area contributed by atoms with Gasteiger partial charge >= 0.3 is 0 Å². The van der Waals surface area contributed by atoms with Gasteiger partial charge < -0.3 is 10.1 Å². The van der Waals surface area contributed by atoms with Crippen LogP contribution in [-0.4, -0.2) is 27.5 Å². The molecule has 6 nitrogen and oxygen atoms in total. The van der Waals surface area contributed by atoms with Crippen LogP contribution in [0.2, 0.25) is 0 Å². The van der Waals surface area contributed by atoms with Gasteiger partial charge in [-0.1, -0.05) is 23.8 Å². The van der Waals surface area contributed by atoms with Gasteiger partial charge in [-0.3, -0.25) is 4.79 Å². The van der Waals surface area contributed by atoms with Crippen molar-refractivity contribution in [2.75, 3.05) is 12.4 Å². The number of ether oxygens (including phenoxy) is 1. The van der Waals surface area contributed by atoms with Gasteiger partial charge in [0.15, 0.2) is 0 Å². The van der Waals surface area contributed by atoms with Gasteiger partial charge in [0.2, 0.25) is 15.9 Å². The molecule has 1 atom stereocenters. The van der Waals surface area contributed by atoms with Crippen molar-refractivity contribution in [1.29, 1.82) is 0 Å². The Balaban J connectivity index is 2.23. The average Bonchev–Trinajstić information content (AvgIpc) is 2.53. The second-order valence-corrected chi connectivity index (χ2v) is 8.41. The summed E-state index contributed by atoms with van der Waals surface area (Å²) in [6.45, 7) is 8.81. The number of amides is 1. The maximum absolute atomic E-state index is 12.8. The molecule has 0 aliphatic carbocycles. The van der Waals surface area contributed by atoms with E-state index < -0.39 is 22.0 Å². The summed E-state index contributed by atoms with van der Waals surface area (Å²) >= 11 is 0. The molecule has 0 spiro atoms. The Labute approximate surface area is 161 Å². The molecule has 0 aliphatic rings. The molecule has 2 rings (SSSR count). The van der Waals surface area contributed by atoms with Crippen molar-refractivity contribution in [3.8, 4) is 5.75 Å². The van der Waals surface area contributed by atoms with Crippen molar-refractivity contribution in [2.24, 2.45) is 0 Å². The summed E-state index contributed by atoms with van der Waals surface area (Å²) in [6, 6.07) is 8.04. The molecule has 0 saturated carbocycles. The summed E-state index contributed by atoms with van der Waals surface area (Å²) < 4.78 is 33.3. The number of hydrogen-bond donors (Lipinski definition) is 2. The van der Waals surface area contributed by atoms with E-state index in [-0.39, 0.29) is 4.90 Å². The van der Waals surface area contributed by atoms with Crippen LogP contribution in [0.15, 0.2) is 35.2 Å². The van der Waals surface area contributed by atoms with Crippen molar-refractivity contribution in [3.05, 3.63) is 52.6 Å². The molecule has 2 N–H and O–H groups in total. The van der Waals surface area contributed by atoms with Crippen molar-refractivity contribution in [3.63, 3.8) is 0 Å². The number of carbonyl (C=O) groups is 1. The monoisotopic (exact) mass is 390 g/mol. The fourth-order valence-electron chi connectivity index (χ4n) is 3.10. The smallest absolute Gasteiger partial charge is 0.242 e. The van der Waals surface area contributed by atoms with Crippen LogP contribution in [-0.2, 0) is 14.8 Å². The average molecular weight is 391 g/mol. The Morgan fingerprint density at radius 1 is 1.00 bits per heavy atom. The molecule has 0 fully saturated rings. The third kappa shape index (κ3) is 4.87. The molecule has 27 heavy (non-hydrogen) atoms. The molecule has 7 heteroatoms. The Morgan fingerprint density at radius 2 is 1.59 bits per heavy atom. The Morgan fingerprint density at radius 3 is 2.15 bits per heavy atom. The minimum absolute atomic E-state index is 0.209. The first-order chi connectivity index (χ1) is 12.5. The molecule has 146 valence electrons. The quantitative estimate of drug-likeness (QED) is 0.793. The van der Waals surface area contributed by atoms with Crippen molar-refractivity contribution >= 4 is 21.6 Å². The Bertz CT molecular complexity index is 945. The predicted octanol–water partition coefficient (Wildman–Crippen LogP) is 3.23. The van der Waals surface area contributed by atoms with Crippen molar-refractivity contribution < 1.29 is 17.9 Å². The van der Waals surface area contributed by atoms with E-state index in [0.29, 0.717) is 22.6 Å². The van der Waals surface area contributed by atoms with Gasteiger partial charge in [0.1, 0.15) is 5.75 Å². The van der Waals surface area contributed by atoms with Crippen LogP contribution < -0.4 is 14.8 Å². The van der Waals surface area contributed by atoms with Crippen LogP contribution in [0.4, 0.5) is 5.69 Å². The van der Waals surface area contributed by atoms with E-state index in [0.717, 1.165) is 11.1 Å². The zero-order chi connectivity index (χ0) is 20.4. The second-order valence-electron chi connectivity index (χ2n) is 6.76. The highest BCUT2D eigenvalue weighted by Gasteiger charge is 2.25. The van der Waals surface area contributed by atoms with E-state index >= 15 is 0 Å². The largest absolute Gasteiger partial charge is 0.495 e. The lowest BCUT2D eigenvalue weighted by atomic mass is 10.1. The number of benzene rings is 2. The van der Waals surface area contributed by atoms with Crippen LogP contribution in [0.5, 0.6) is 5.75 Å². The van der Waals surface area contributed by atoms with Crippen LogP contribution in [0.3, 0.4) is 0 Å². The molecule has 0 saturated heterocycles. The third-order valence-corrected chi connectivity index (χ3v) is 6.06. The molecular formula is C20H26N2O4S. The van der Waals surface area contributed by atoms with Crippen LogP contribution in [0.1, 0.15) is 29.2 Å². The Hall–Kier alpha value is -2.38. The number of methoxy groups -OCH3 is 1. The third-order valence-electron chi connectivity index (χ3n) is 4.21. The van der Waals surface area contributed by atoms with Gasteiger partial charge in [0.25, 0.3) is 0 Å². The fourth-order valence-corrected chi connectivity index (χ4v) is 4.75. The van der Waals surface area contributed by atoms with Crippen molar-refractivity contribution in [1.82, 2.24) is 4.72 Å². The van der Waals surface area contributed by atoms with Gasteiger partial charge in [-0.15, -0.1) is 0 Å². The lowest BCUT2D eigenvalue weighted by molar-refractivity contribution is -0.117. The fraction of sp³-hybridized carbons (Fsp3) is 0.350. The number of hydrogen-bond acceptors (Lipinski definition) is 4. The summed E-state index contributed by atoms with van der Waals surface area (Å²) in [5.74, 6) is 0.0409. The van der Waals surface area contributed by atoms with E-state index in [2.05, 4.69) is 10.0 Å². The number of sulfonamides is 1. The zero-order valence-corrected chi connectivity index (χ0v) is 17.3. The van der Waals surface area contributed by atoms with Crippen LogP contribution in [0.25, 0.3) is 0 Å². The summed E-state index contributed by atoms with van der Waals surface area (Å²) in [5, 5.41) is 2.72. The standard InChI is InChI=1S/C20H26N2O4S/c1-12-7-8-18(26-6)17(11-12)21-20(23)16(5)22-27(24,25)19-14(3)9-13(2)10-15(19)4/h7-11,16,22H,1-6H3,(H,21,23). The highest BCUT2D eigenvalue weighted by Crippen LogP contribution is 2.26. The molecule has 2 aromatic carbocycles. The molecule has 0 radical (unpaired) electrons. The van der Waals surface area contributed by atoms with Crippen LogP contribution in [0, 0.1) is 27.7 Å². The normalized spacial score (nSPS) is 12.5. The lowest BCUT2D eigenvalue weighted by Gasteiger charge is -2.18. The first-order valence-electron chi connectivity index (χ1n) is 8.61. The summed E-state index contributed by atoms with van der Waals surface area (Å²) in [7, 11) is -2.33. The second kappa shape index (κ2) is 8.10. The Kier molecular flexibility index (Phi) is 6.28. The maximum atomic E-state index is 12.8. The molecule has 0 heterocycles. The summed E-state index contributed by atoms with van der Waals surface area (Å²) in [6.07, 6.45) is 0. The van der Waals surface area contributed by atoms with Crippen molar-refractivity contribution in [2.45, 2.75) is 45.6 Å². The summed E-state index contributed by atoms with van der Waals surface area (Å²) in [5.41, 5.74) is 3.73. The minimum Gasteiger partial charge on any atom is -0.495 e. The van der Waals surface area contributed by atoms with Crippen LogP contribution >= 0.6 is 0 Å². The molecule has 2 aromatic rings. The molecule has 1 unspecified atom stereocenters. The molecule has 0 aliphatic heterocycles. The SMILES string of the molecule is COc1ccc(C)cc1NC(=O)C(C)NS(=O)(=O)c1c(C)cc(C)cc1C. The number of nitrogens with one attached hydrogen (secondary N) is 2. The van der Waals surface area contributed by atoms with Gasteiger partial charge in [-0.05, 0) is 63.4 Å². The highest BCUT2D eigenvalue weighted by molar-refractivity contribution is 7.89. The van der Waals surface area contributed by atoms with Gasteiger partial charge in [0, 0.05) is 0 Å². The van der Waals surface area contributed by atoms with Gasteiger partial charge in [0.05, 0.1) is 23.7 Å². The lowest BCUT2D eigenvalue weighted by Crippen LogP contribution is -2.42. The van der Waals surface area contributed by atoms with Gasteiger partial charge in [-0.2, -0.15) is 4.72 Å². The molecular weight excluding hydrogens is 364 g/mol. The van der Waals surface area contributed by atoms with E-state index in [4.69, 9.17) is 4.74 Å². The topological polar surface area (TPSA) is 84.5 Å². The van der Waals surface area contributed by atoms with Gasteiger partial charge in [-0.25, -0.2) is 8.42 Å². The van der Waals surface area contributed by atoms with E-state index in [1.165, 1.54) is 14.0 Å². The van der Waals surface area contributed by atoms with E-state index in [1.54, 1.807) is 26.0 Å². The maximum Gasteiger partial charge on any atom is 0.242 e. The first-order valence-corrected chi connectivity index (χ1v) is 10.1. The number of carbonyl (C=O) groups excluding carboxylic acids is 1. The van der Waals surface area contributed by atoms with E-state index in [1.807, 2.05) is 32.0 Å². The molecule has 1 amide bonds.